The molecule has 1 aromatic carbocycles. The molecule has 0 fully saturated rings. The highest BCUT2D eigenvalue weighted by Crippen LogP contribution is 2.28. The molecule has 0 atom stereocenters. The molecule has 0 radical (unpaired) electrons. The van der Waals surface area contributed by atoms with E-state index in [1.807, 2.05) is 25.1 Å². The number of benzene rings is 1. The first-order chi connectivity index (χ1) is 7.65. The summed E-state index contributed by atoms with van der Waals surface area (Å²) in [5.41, 5.74) is 7.38. The topological polar surface area (TPSA) is 48.1 Å². The maximum Gasteiger partial charge on any atom is 0.233 e. The second-order valence-electron chi connectivity index (χ2n) is 3.47. The van der Waals surface area contributed by atoms with Gasteiger partial charge in [0.2, 0.25) is 5.88 Å². The first kappa shape index (κ1) is 11.0. The van der Waals surface area contributed by atoms with E-state index in [0.717, 1.165) is 10.0 Å². The molecule has 0 aliphatic rings. The van der Waals surface area contributed by atoms with Gasteiger partial charge in [0.1, 0.15) is 5.75 Å². The van der Waals surface area contributed by atoms with Crippen molar-refractivity contribution in [3.63, 3.8) is 0 Å². The number of nitrogens with two attached hydrogens (primary N) is 1. The Morgan fingerprint density at radius 1 is 1.25 bits per heavy atom. The van der Waals surface area contributed by atoms with E-state index < -0.39 is 0 Å². The summed E-state index contributed by atoms with van der Waals surface area (Å²) in [5, 5.41) is 0. The smallest absolute Gasteiger partial charge is 0.233 e. The van der Waals surface area contributed by atoms with E-state index in [2.05, 4.69) is 20.9 Å². The van der Waals surface area contributed by atoms with Gasteiger partial charge in [0, 0.05) is 11.9 Å². The van der Waals surface area contributed by atoms with Gasteiger partial charge in [-0.1, -0.05) is 0 Å². The largest absolute Gasteiger partial charge is 0.438 e. The lowest BCUT2D eigenvalue weighted by Gasteiger charge is -2.07. The number of hydrogen-bond acceptors (Lipinski definition) is 3. The second kappa shape index (κ2) is 4.53. The van der Waals surface area contributed by atoms with Crippen LogP contribution in [0.25, 0.3) is 0 Å². The number of pyridine rings is 1. The Kier molecular flexibility index (Phi) is 3.10. The van der Waals surface area contributed by atoms with Crippen LogP contribution >= 0.6 is 15.9 Å². The summed E-state index contributed by atoms with van der Waals surface area (Å²) in [4.78, 5) is 4.20. The van der Waals surface area contributed by atoms with Gasteiger partial charge in [-0.2, -0.15) is 0 Å². The molecule has 3 nitrogen and oxygen atoms in total. The number of ether oxygens (including phenoxy) is 1. The summed E-state index contributed by atoms with van der Waals surface area (Å²) >= 11 is 3.41. The Balaban J connectivity index is 2.23. The summed E-state index contributed by atoms with van der Waals surface area (Å²) in [6, 6.07) is 9.15. The SMILES string of the molecule is Cc1cnc(Oc2ccc(N)cc2)c(Br)c1. The Hall–Kier alpha value is -1.55. The van der Waals surface area contributed by atoms with Crippen LogP contribution in [0.1, 0.15) is 5.56 Å². The second-order valence-corrected chi connectivity index (χ2v) is 4.33. The molecule has 1 aromatic heterocycles. The van der Waals surface area contributed by atoms with E-state index in [-0.39, 0.29) is 0 Å². The minimum atomic E-state index is 0.551. The van der Waals surface area contributed by atoms with Gasteiger partial charge < -0.3 is 10.5 Å². The zero-order chi connectivity index (χ0) is 11.5. The van der Waals surface area contributed by atoms with Crippen molar-refractivity contribution in [1.29, 1.82) is 0 Å². The van der Waals surface area contributed by atoms with Crippen molar-refractivity contribution in [3.8, 4) is 11.6 Å². The van der Waals surface area contributed by atoms with E-state index in [0.29, 0.717) is 17.3 Å². The first-order valence-corrected chi connectivity index (χ1v) is 5.60. The lowest BCUT2D eigenvalue weighted by molar-refractivity contribution is 0.459. The molecule has 2 rings (SSSR count). The van der Waals surface area contributed by atoms with Crippen molar-refractivity contribution in [2.24, 2.45) is 0 Å². The van der Waals surface area contributed by atoms with Gasteiger partial charge in [0.05, 0.1) is 4.47 Å². The van der Waals surface area contributed by atoms with Crippen molar-refractivity contribution >= 4 is 21.6 Å². The number of nitrogens with zero attached hydrogens (tertiary/aromatic N) is 1. The zero-order valence-corrected chi connectivity index (χ0v) is 10.4. The Labute approximate surface area is 102 Å². The van der Waals surface area contributed by atoms with E-state index >= 15 is 0 Å². The third kappa shape index (κ3) is 2.52. The number of anilines is 1. The number of rotatable bonds is 2. The molecule has 2 aromatic rings. The van der Waals surface area contributed by atoms with Crippen molar-refractivity contribution in [1.82, 2.24) is 4.98 Å². The molecule has 16 heavy (non-hydrogen) atoms. The predicted octanol–water partition coefficient (Wildman–Crippen LogP) is 3.53. The van der Waals surface area contributed by atoms with Gasteiger partial charge in [-0.3, -0.25) is 0 Å². The lowest BCUT2D eigenvalue weighted by Crippen LogP contribution is -1.90. The van der Waals surface area contributed by atoms with Crippen LogP contribution in [0.4, 0.5) is 5.69 Å². The van der Waals surface area contributed by atoms with Crippen LogP contribution in [-0.2, 0) is 0 Å². The Bertz CT molecular complexity index is 497. The van der Waals surface area contributed by atoms with Crippen LogP contribution in [-0.4, -0.2) is 4.98 Å². The summed E-state index contributed by atoms with van der Waals surface area (Å²) in [7, 11) is 0. The Morgan fingerprint density at radius 3 is 2.56 bits per heavy atom. The average molecular weight is 279 g/mol. The molecule has 4 heteroatoms. The van der Waals surface area contributed by atoms with E-state index in [1.54, 1.807) is 18.3 Å². The lowest BCUT2D eigenvalue weighted by atomic mass is 10.3. The van der Waals surface area contributed by atoms with E-state index in [9.17, 15) is 0 Å². The summed E-state index contributed by atoms with van der Waals surface area (Å²) in [5.74, 6) is 1.27. The monoisotopic (exact) mass is 278 g/mol. The number of aromatic nitrogens is 1. The quantitative estimate of drug-likeness (QED) is 0.855. The minimum Gasteiger partial charge on any atom is -0.438 e. The van der Waals surface area contributed by atoms with E-state index in [1.165, 1.54) is 0 Å². The fourth-order valence-corrected chi connectivity index (χ4v) is 1.79. The van der Waals surface area contributed by atoms with Crippen molar-refractivity contribution in [2.45, 2.75) is 6.92 Å². The number of nitrogen functional groups attached to an aromatic ring is 1. The van der Waals surface area contributed by atoms with Gasteiger partial charge >= 0.3 is 0 Å². The van der Waals surface area contributed by atoms with E-state index in [4.69, 9.17) is 10.5 Å². The van der Waals surface area contributed by atoms with Gasteiger partial charge in [-0.05, 0) is 58.7 Å². The highest BCUT2D eigenvalue weighted by atomic mass is 79.9. The first-order valence-electron chi connectivity index (χ1n) is 4.81. The molecular formula is C12H11BrN2O. The molecule has 82 valence electrons. The van der Waals surface area contributed by atoms with Gasteiger partial charge in [0.25, 0.3) is 0 Å². The van der Waals surface area contributed by atoms with Crippen LogP contribution in [0.3, 0.4) is 0 Å². The van der Waals surface area contributed by atoms with Crippen LogP contribution in [0, 0.1) is 6.92 Å². The summed E-state index contributed by atoms with van der Waals surface area (Å²) in [6.07, 6.45) is 1.76. The molecule has 0 unspecified atom stereocenters. The summed E-state index contributed by atoms with van der Waals surface area (Å²) < 4.78 is 6.44. The van der Waals surface area contributed by atoms with Crippen LogP contribution < -0.4 is 10.5 Å². The zero-order valence-electron chi connectivity index (χ0n) is 8.77. The fraction of sp³-hybridized carbons (Fsp3) is 0.0833. The summed E-state index contributed by atoms with van der Waals surface area (Å²) in [6.45, 7) is 1.98. The molecule has 0 bridgehead atoms. The van der Waals surface area contributed by atoms with Crippen molar-refractivity contribution in [2.75, 3.05) is 5.73 Å². The number of aryl methyl sites for hydroxylation is 1. The molecule has 0 saturated carbocycles. The molecule has 2 N–H and O–H groups in total. The molecule has 0 aliphatic carbocycles. The average Bonchev–Trinajstić information content (AvgIpc) is 2.25. The highest BCUT2D eigenvalue weighted by molar-refractivity contribution is 9.10. The van der Waals surface area contributed by atoms with Crippen LogP contribution in [0.2, 0.25) is 0 Å². The normalized spacial score (nSPS) is 10.1. The molecule has 0 aliphatic heterocycles. The van der Waals surface area contributed by atoms with Crippen LogP contribution in [0.15, 0.2) is 41.0 Å². The molecular weight excluding hydrogens is 268 g/mol. The molecule has 0 saturated heterocycles. The maximum atomic E-state index is 5.61. The van der Waals surface area contributed by atoms with Crippen molar-refractivity contribution < 1.29 is 4.74 Å². The van der Waals surface area contributed by atoms with Gasteiger partial charge in [-0.25, -0.2) is 4.98 Å². The highest BCUT2D eigenvalue weighted by Gasteiger charge is 2.04. The fourth-order valence-electron chi connectivity index (χ4n) is 1.24. The van der Waals surface area contributed by atoms with Crippen LogP contribution in [0.5, 0.6) is 11.6 Å². The third-order valence-corrected chi connectivity index (χ3v) is 2.61. The van der Waals surface area contributed by atoms with Gasteiger partial charge in [0.15, 0.2) is 0 Å². The molecule has 0 spiro atoms. The third-order valence-electron chi connectivity index (χ3n) is 2.04. The molecule has 1 heterocycles. The predicted molar refractivity (Wildman–Crippen MR) is 67.6 cm³/mol. The number of hydrogen-bond donors (Lipinski definition) is 1. The Morgan fingerprint density at radius 2 is 1.94 bits per heavy atom. The van der Waals surface area contributed by atoms with Gasteiger partial charge in [-0.15, -0.1) is 0 Å². The standard InChI is InChI=1S/C12H11BrN2O/c1-8-6-11(13)12(15-7-8)16-10-4-2-9(14)3-5-10/h2-7H,14H2,1H3. The molecule has 0 amide bonds. The maximum absolute atomic E-state index is 5.61. The number of halogens is 1. The van der Waals surface area contributed by atoms with Crippen molar-refractivity contribution in [3.05, 3.63) is 46.6 Å². The minimum absolute atomic E-state index is 0.551.